The average molecular weight is 1340 g/mol. The predicted molar refractivity (Wildman–Crippen MR) is 359 cm³/mol. The molecule has 0 unspecified atom stereocenters. The lowest BCUT2D eigenvalue weighted by molar-refractivity contribution is -0.142. The number of hydrogen-bond donors (Lipinski definition) is 25. The van der Waals surface area contributed by atoms with Crippen molar-refractivity contribution in [2.75, 3.05) is 58.9 Å². The Balaban J connectivity index is 7.44. The largest absolute Gasteiger partial charge is 0.480 e. The molecule has 0 saturated heterocycles. The van der Waals surface area contributed by atoms with Crippen molar-refractivity contribution in [3.63, 3.8) is 0 Å². The highest BCUT2D eigenvalue weighted by Gasteiger charge is 2.35. The third-order valence-electron chi connectivity index (χ3n) is 13.9. The molecule has 0 heterocycles. The van der Waals surface area contributed by atoms with Gasteiger partial charge in [-0.05, 0) is 154 Å². The minimum absolute atomic E-state index is 0.00414. The number of rotatable bonds is 53. The number of nitrogens with two attached hydrogens (primary N) is 16. The van der Waals surface area contributed by atoms with Gasteiger partial charge in [-0.2, -0.15) is 0 Å². The van der Waals surface area contributed by atoms with E-state index in [1.54, 1.807) is 0 Å². The van der Waals surface area contributed by atoms with Crippen LogP contribution in [0.5, 0.6) is 0 Å². The summed E-state index contributed by atoms with van der Waals surface area (Å²) in [6.07, 6.45) is 2.79. The molecule has 41 N–H and O–H groups in total. The molecule has 0 bridgehead atoms. The second kappa shape index (κ2) is 50.3. The average Bonchev–Trinajstić information content (AvgIpc) is 1.65. The number of hydrogen-bond acceptors (Lipinski definition) is 19. The Morgan fingerprint density at radius 2 is 0.426 bits per heavy atom. The van der Waals surface area contributed by atoms with Crippen LogP contribution in [0.1, 0.15) is 135 Å². The Kier molecular flexibility index (Phi) is 45.3. The van der Waals surface area contributed by atoms with E-state index in [9.17, 15) is 48.3 Å². The van der Waals surface area contributed by atoms with Crippen molar-refractivity contribution >= 4 is 89.0 Å². The Hall–Kier alpha value is -9.31. The molecular weight excluding hydrogens is 1230 g/mol. The number of unbranched alkanes of at least 4 members (excludes halogenated alkanes) is 3. The van der Waals surface area contributed by atoms with E-state index in [4.69, 9.17) is 91.7 Å². The minimum atomic E-state index is -1.47. The van der Waals surface area contributed by atoms with E-state index in [1.807, 2.05) is 0 Å². The molecule has 0 saturated carbocycles. The molecule has 8 amide bonds. The SMILES string of the molecule is NCCCC[C@H](NC(=O)[C@H](N)CCCN=C(N)N)C(=O)N[C@@H](CCCCN)C(=O)N[C@@H](CCCN=C(N)N)C(=O)N[C@H](CCCN=C(N)N)C(=O)N[C@@H](CCCCN)C(=O)N[C@@H](CCCN=C(N)N)C(=O)N[C@@H](CCCN=C(N)N)C(=O)N[C@H](CCCN=C(N)N)C(=O)O. The third kappa shape index (κ3) is 41.2. The predicted octanol–water partition coefficient (Wildman–Crippen LogP) is -10.0. The highest BCUT2D eigenvalue weighted by Crippen LogP contribution is 2.13. The second-order valence-electron chi connectivity index (χ2n) is 22.0. The lowest BCUT2D eigenvalue weighted by atomic mass is 10.0. The molecule has 40 nitrogen and oxygen atoms in total. The van der Waals surface area contributed by atoms with E-state index in [2.05, 4.69) is 72.5 Å². The van der Waals surface area contributed by atoms with E-state index < -0.39 is 108 Å². The van der Waals surface area contributed by atoms with Crippen LogP contribution >= 0.6 is 0 Å². The van der Waals surface area contributed by atoms with Crippen LogP contribution in [-0.2, 0) is 43.2 Å². The molecule has 0 aromatic carbocycles. The van der Waals surface area contributed by atoms with Crippen LogP contribution in [-0.4, -0.2) is 207 Å². The normalized spacial score (nSPS) is 13.7. The first-order valence-corrected chi connectivity index (χ1v) is 31.4. The summed E-state index contributed by atoms with van der Waals surface area (Å²) in [6.45, 7) is 0.950. The summed E-state index contributed by atoms with van der Waals surface area (Å²) in [6, 6.07) is -12.2. The number of nitrogens with zero attached hydrogens (tertiary/aromatic N) is 6. The highest BCUT2D eigenvalue weighted by atomic mass is 16.4. The first kappa shape index (κ1) is 84.7. The second-order valence-corrected chi connectivity index (χ2v) is 22.0. The van der Waals surface area contributed by atoms with Gasteiger partial charge in [0.2, 0.25) is 47.3 Å². The first-order chi connectivity index (χ1) is 44.6. The van der Waals surface area contributed by atoms with Crippen molar-refractivity contribution in [2.24, 2.45) is 122 Å². The van der Waals surface area contributed by atoms with Gasteiger partial charge < -0.3 is 139 Å². The summed E-state index contributed by atoms with van der Waals surface area (Å²) < 4.78 is 0. The molecule has 40 heteroatoms. The standard InChI is InChI=1S/C54H110N30O10/c55-22-4-1-14-32(77-40(85)31(58)13-7-25-71-49(59)60)41(86)78-33(15-2-5-23-56)42(87)80-36(18-9-27-73-51(63)64)45(90)82-35(17-8-26-72-50(61)62)44(89)79-34(16-3-6-24-57)43(88)81-37(19-10-28-74-52(65)66)46(91)83-38(20-11-29-75-53(67)68)47(92)84-39(48(93)94)21-12-30-76-54(69)70/h31-39H,1-30,55-58H2,(H,77,85)(H,78,86)(H,79,89)(H,80,87)(H,81,88)(H,82,90)(H,83,91)(H,84,92)(H,93,94)(H4,59,60,71)(H4,61,62,72)(H4,63,64,73)(H4,65,66,74)(H4,67,68,75)(H4,69,70,76)/t31-,32+,33+,34+,35-,36+,37+,38+,39-/m1/s1. The molecule has 0 aliphatic carbocycles. The van der Waals surface area contributed by atoms with Gasteiger partial charge in [-0.15, -0.1) is 0 Å². The summed E-state index contributed by atoms with van der Waals surface area (Å²) in [5, 5.41) is 31.2. The summed E-state index contributed by atoms with van der Waals surface area (Å²) in [5.74, 6) is -9.48. The Bertz CT molecular complexity index is 2500. The number of nitrogens with one attached hydrogen (secondary N) is 8. The van der Waals surface area contributed by atoms with Crippen molar-refractivity contribution in [3.8, 4) is 0 Å². The van der Waals surface area contributed by atoms with Gasteiger partial charge >= 0.3 is 5.97 Å². The molecule has 0 fully saturated rings. The number of carboxylic acids is 1. The molecule has 9 atom stereocenters. The van der Waals surface area contributed by atoms with Crippen LogP contribution in [0.3, 0.4) is 0 Å². The van der Waals surface area contributed by atoms with Gasteiger partial charge in [-0.25, -0.2) is 4.79 Å². The van der Waals surface area contributed by atoms with Crippen molar-refractivity contribution in [3.05, 3.63) is 0 Å². The van der Waals surface area contributed by atoms with E-state index in [-0.39, 0.29) is 184 Å². The van der Waals surface area contributed by atoms with Gasteiger partial charge in [0.1, 0.15) is 48.3 Å². The van der Waals surface area contributed by atoms with Crippen LogP contribution < -0.4 is 134 Å². The minimum Gasteiger partial charge on any atom is -0.480 e. The van der Waals surface area contributed by atoms with Crippen LogP contribution in [0.15, 0.2) is 30.0 Å². The Labute approximate surface area is 548 Å². The molecule has 0 radical (unpaired) electrons. The molecule has 0 aliphatic rings. The Morgan fingerprint density at radius 1 is 0.255 bits per heavy atom. The quantitative estimate of drug-likeness (QED) is 0.0153. The molecule has 0 rings (SSSR count). The first-order valence-electron chi connectivity index (χ1n) is 31.4. The maximum Gasteiger partial charge on any atom is 0.326 e. The molecule has 0 spiro atoms. The summed E-state index contributed by atoms with van der Waals surface area (Å²) in [5.41, 5.74) is 89.6. The van der Waals surface area contributed by atoms with Crippen LogP contribution in [0.4, 0.5) is 0 Å². The number of amides is 8. The smallest absolute Gasteiger partial charge is 0.326 e. The summed E-state index contributed by atoms with van der Waals surface area (Å²) in [7, 11) is 0. The monoisotopic (exact) mass is 1340 g/mol. The van der Waals surface area contributed by atoms with E-state index >= 15 is 0 Å². The number of carboxylic acid groups (broad SMARTS) is 1. The molecule has 94 heavy (non-hydrogen) atoms. The van der Waals surface area contributed by atoms with Crippen LogP contribution in [0, 0.1) is 0 Å². The van der Waals surface area contributed by atoms with Crippen LogP contribution in [0.25, 0.3) is 0 Å². The van der Waals surface area contributed by atoms with Gasteiger partial charge in [0.05, 0.1) is 6.04 Å². The molecule has 0 aliphatic heterocycles. The molecule has 536 valence electrons. The lowest BCUT2D eigenvalue weighted by Crippen LogP contribution is -2.60. The highest BCUT2D eigenvalue weighted by molar-refractivity contribution is 5.98. The van der Waals surface area contributed by atoms with Gasteiger partial charge in [-0.3, -0.25) is 68.3 Å². The number of carbonyl (C=O) groups excluding carboxylic acids is 8. The zero-order valence-electron chi connectivity index (χ0n) is 54.0. The Morgan fingerprint density at radius 3 is 0.617 bits per heavy atom. The number of guanidine groups is 6. The van der Waals surface area contributed by atoms with Crippen LogP contribution in [0.2, 0.25) is 0 Å². The molecule has 0 aromatic rings. The number of aliphatic imine (C=N–C) groups is 6. The van der Waals surface area contributed by atoms with Crippen molar-refractivity contribution < 1.29 is 48.3 Å². The topological polar surface area (TPSA) is 761 Å². The van der Waals surface area contributed by atoms with Gasteiger partial charge in [-0.1, -0.05) is 0 Å². The van der Waals surface area contributed by atoms with Gasteiger partial charge in [0.15, 0.2) is 35.8 Å². The fraction of sp³-hybridized carbons (Fsp3) is 0.722. The zero-order chi connectivity index (χ0) is 71.0. The maximum absolute atomic E-state index is 14.7. The zero-order valence-corrected chi connectivity index (χ0v) is 54.0. The van der Waals surface area contributed by atoms with Gasteiger partial charge in [0, 0.05) is 39.3 Å². The third-order valence-corrected chi connectivity index (χ3v) is 13.9. The van der Waals surface area contributed by atoms with Crippen molar-refractivity contribution in [1.82, 2.24) is 42.5 Å². The van der Waals surface area contributed by atoms with E-state index in [1.165, 1.54) is 0 Å². The molecule has 0 aromatic heterocycles. The van der Waals surface area contributed by atoms with Crippen molar-refractivity contribution in [1.29, 1.82) is 0 Å². The number of carbonyl (C=O) groups is 9. The maximum atomic E-state index is 14.7. The summed E-state index contributed by atoms with van der Waals surface area (Å²) in [4.78, 5) is 150. The summed E-state index contributed by atoms with van der Waals surface area (Å²) >= 11 is 0. The lowest BCUT2D eigenvalue weighted by Gasteiger charge is -2.28. The molecular formula is C54H110N30O10. The number of aliphatic carboxylic acids is 1. The van der Waals surface area contributed by atoms with E-state index in [0.717, 1.165) is 0 Å². The fourth-order valence-corrected chi connectivity index (χ4v) is 8.97. The fourth-order valence-electron chi connectivity index (χ4n) is 8.97. The van der Waals surface area contributed by atoms with Crippen molar-refractivity contribution in [2.45, 2.75) is 189 Å². The van der Waals surface area contributed by atoms with E-state index in [0.29, 0.717) is 45.1 Å². The van der Waals surface area contributed by atoms with Gasteiger partial charge in [0.25, 0.3) is 0 Å².